The maximum absolute atomic E-state index is 12.5. The minimum Gasteiger partial charge on any atom is -0.493 e. The van der Waals surface area contributed by atoms with Crippen molar-refractivity contribution < 1.29 is 19.3 Å². The van der Waals surface area contributed by atoms with Gasteiger partial charge in [0.05, 0.1) is 25.5 Å². The lowest BCUT2D eigenvalue weighted by atomic mass is 10.0. The first-order valence-electron chi connectivity index (χ1n) is 15.1. The lowest BCUT2D eigenvalue weighted by Crippen LogP contribution is -2.24. The van der Waals surface area contributed by atoms with Gasteiger partial charge in [-0.2, -0.15) is 19.4 Å². The number of pyridine rings is 2. The quantitative estimate of drug-likeness (QED) is 0.129. The standard InChI is InChI=1S/C34H32N10O4/c1-21-27(31(45)35-33(47)29(21)43-17-15-41(3)19-43)39-37-25-11-7-23(8-12-25)5-6-24-9-13-26(14-10-24)38-40-28-22(2)30(34(48)36-32(28)46)44-18-16-42(4)20-44/h7-20H,5-6H2,1-4H3,(H2-2,35,36,37,38,45,46,47,48)/p+2. The first-order valence-corrected chi connectivity index (χ1v) is 15.1. The Balaban J connectivity index is 1.10. The van der Waals surface area contributed by atoms with Crippen LogP contribution in [0.25, 0.3) is 11.4 Å². The summed E-state index contributed by atoms with van der Waals surface area (Å²) in [6, 6.07) is 15.3. The molecule has 4 N–H and O–H groups in total. The summed E-state index contributed by atoms with van der Waals surface area (Å²) in [5, 5.41) is 37.8. The average Bonchev–Trinajstić information content (AvgIpc) is 3.68. The number of azo groups is 2. The second-order valence-electron chi connectivity index (χ2n) is 11.5. The number of imidazole rings is 2. The van der Waals surface area contributed by atoms with Crippen LogP contribution >= 0.6 is 0 Å². The van der Waals surface area contributed by atoms with Crippen LogP contribution in [0.3, 0.4) is 0 Å². The van der Waals surface area contributed by atoms with Crippen LogP contribution in [0.1, 0.15) is 22.3 Å². The van der Waals surface area contributed by atoms with Crippen LogP contribution in [0, 0.1) is 13.8 Å². The molecule has 2 aromatic carbocycles. The summed E-state index contributed by atoms with van der Waals surface area (Å²) in [6.45, 7) is 3.44. The molecule has 242 valence electrons. The highest BCUT2D eigenvalue weighted by Gasteiger charge is 2.21. The van der Waals surface area contributed by atoms with Crippen LogP contribution in [-0.2, 0) is 26.9 Å². The van der Waals surface area contributed by atoms with Crippen molar-refractivity contribution in [2.75, 3.05) is 0 Å². The number of aromatic hydroxyl groups is 2. The van der Waals surface area contributed by atoms with E-state index in [1.54, 1.807) is 48.0 Å². The molecule has 0 aliphatic rings. The molecule has 0 unspecified atom stereocenters. The van der Waals surface area contributed by atoms with E-state index < -0.39 is 11.1 Å². The fourth-order valence-electron chi connectivity index (χ4n) is 5.37. The first-order chi connectivity index (χ1) is 23.1. The zero-order valence-corrected chi connectivity index (χ0v) is 26.8. The van der Waals surface area contributed by atoms with Crippen molar-refractivity contribution >= 4 is 22.7 Å². The molecular weight excluding hydrogens is 612 g/mol. The van der Waals surface area contributed by atoms with Crippen molar-refractivity contribution in [3.63, 3.8) is 0 Å². The van der Waals surface area contributed by atoms with Gasteiger partial charge in [0.15, 0.2) is 11.4 Å². The summed E-state index contributed by atoms with van der Waals surface area (Å²) >= 11 is 0. The molecule has 4 heterocycles. The fourth-order valence-corrected chi connectivity index (χ4v) is 5.37. The van der Waals surface area contributed by atoms with Crippen molar-refractivity contribution in [1.82, 2.24) is 19.1 Å². The van der Waals surface area contributed by atoms with Crippen molar-refractivity contribution in [3.05, 3.63) is 129 Å². The maximum Gasteiger partial charge on any atom is 0.298 e. The monoisotopic (exact) mass is 646 g/mol. The number of aryl methyl sites for hydroxylation is 4. The summed E-state index contributed by atoms with van der Waals surface area (Å²) in [5.74, 6) is -0.682. The molecule has 4 aromatic heterocycles. The lowest BCUT2D eigenvalue weighted by molar-refractivity contribution is -0.670. The molecule has 48 heavy (non-hydrogen) atoms. The highest BCUT2D eigenvalue weighted by Crippen LogP contribution is 2.33. The first kappa shape index (κ1) is 31.5. The molecule has 14 heteroatoms. The number of hydrogen-bond donors (Lipinski definition) is 4. The van der Waals surface area contributed by atoms with Gasteiger partial charge < -0.3 is 10.2 Å². The van der Waals surface area contributed by atoms with E-state index in [1.807, 2.05) is 84.2 Å². The van der Waals surface area contributed by atoms with E-state index in [-0.39, 0.29) is 23.1 Å². The molecule has 6 rings (SSSR count). The SMILES string of the molecule is Cc1c(N=Nc2ccc(CCc3ccc(N=Nc4c(O)[nH]c(=O)c(-n5cc[n+](C)c5)c4C)cc3)cc2)c(O)[nH]c(=O)c1-n1cc[n+](C)c1. The Labute approximate surface area is 274 Å². The normalized spacial score (nSPS) is 11.7. The van der Waals surface area contributed by atoms with Crippen LogP contribution in [0.15, 0.2) is 116 Å². The zero-order valence-electron chi connectivity index (χ0n) is 26.8. The van der Waals surface area contributed by atoms with Gasteiger partial charge in [0.1, 0.15) is 24.8 Å². The average molecular weight is 647 g/mol. The van der Waals surface area contributed by atoms with E-state index in [2.05, 4.69) is 30.4 Å². The van der Waals surface area contributed by atoms with Crippen molar-refractivity contribution in [2.45, 2.75) is 26.7 Å². The molecule has 0 aliphatic heterocycles. The topological polar surface area (TPSA) is 173 Å². The predicted octanol–water partition coefficient (Wildman–Crippen LogP) is 4.94. The van der Waals surface area contributed by atoms with Crippen LogP contribution in [0.4, 0.5) is 22.7 Å². The van der Waals surface area contributed by atoms with Crippen LogP contribution in [0.2, 0.25) is 0 Å². The second-order valence-corrected chi connectivity index (χ2v) is 11.5. The minimum atomic E-state index is -0.429. The number of nitrogens with one attached hydrogen (secondary N) is 2. The third kappa shape index (κ3) is 6.58. The van der Waals surface area contributed by atoms with Gasteiger partial charge in [-0.25, -0.2) is 9.13 Å². The highest BCUT2D eigenvalue weighted by molar-refractivity contribution is 5.61. The van der Waals surface area contributed by atoms with E-state index in [1.165, 1.54) is 0 Å². The Hall–Kier alpha value is -6.44. The van der Waals surface area contributed by atoms with Gasteiger partial charge in [-0.15, -0.1) is 10.2 Å². The summed E-state index contributed by atoms with van der Waals surface area (Å²) in [5.41, 5.74) is 4.66. The molecular formula is C34H34N10O4+2. The van der Waals surface area contributed by atoms with E-state index in [0.29, 0.717) is 33.9 Å². The highest BCUT2D eigenvalue weighted by atomic mass is 16.3. The maximum atomic E-state index is 12.5. The third-order valence-corrected chi connectivity index (χ3v) is 7.92. The Morgan fingerprint density at radius 3 is 1.33 bits per heavy atom. The van der Waals surface area contributed by atoms with Crippen molar-refractivity contribution in [3.8, 4) is 23.1 Å². The van der Waals surface area contributed by atoms with E-state index in [0.717, 1.165) is 24.0 Å². The Bertz CT molecular complexity index is 2130. The second kappa shape index (κ2) is 13.1. The molecule has 0 spiro atoms. The smallest absolute Gasteiger partial charge is 0.298 e. The summed E-state index contributed by atoms with van der Waals surface area (Å²) in [4.78, 5) is 30.0. The summed E-state index contributed by atoms with van der Waals surface area (Å²) < 4.78 is 6.95. The molecule has 0 radical (unpaired) electrons. The van der Waals surface area contributed by atoms with Gasteiger partial charge in [0.2, 0.25) is 35.8 Å². The van der Waals surface area contributed by atoms with Gasteiger partial charge >= 0.3 is 0 Å². The molecule has 6 aromatic rings. The Kier molecular flexibility index (Phi) is 8.62. The largest absolute Gasteiger partial charge is 0.493 e. The van der Waals surface area contributed by atoms with Gasteiger partial charge in [0, 0.05) is 11.1 Å². The third-order valence-electron chi connectivity index (χ3n) is 7.92. The van der Waals surface area contributed by atoms with Gasteiger partial charge in [-0.1, -0.05) is 24.3 Å². The number of rotatable bonds is 9. The summed E-state index contributed by atoms with van der Waals surface area (Å²) in [7, 11) is 3.70. The number of nitrogens with zero attached hydrogens (tertiary/aromatic N) is 8. The number of aromatic nitrogens is 6. The van der Waals surface area contributed by atoms with Gasteiger partial charge in [0.25, 0.3) is 11.1 Å². The zero-order chi connectivity index (χ0) is 33.9. The number of hydrogen-bond acceptors (Lipinski definition) is 8. The van der Waals surface area contributed by atoms with Crippen LogP contribution in [-0.4, -0.2) is 29.3 Å². The molecule has 0 saturated carbocycles. The van der Waals surface area contributed by atoms with E-state index >= 15 is 0 Å². The van der Waals surface area contributed by atoms with Gasteiger partial charge in [-0.05, 0) is 62.1 Å². The van der Waals surface area contributed by atoms with E-state index in [9.17, 15) is 19.8 Å². The molecule has 0 saturated heterocycles. The molecule has 0 aliphatic carbocycles. The Morgan fingerprint density at radius 2 is 1.00 bits per heavy atom. The predicted molar refractivity (Wildman–Crippen MR) is 177 cm³/mol. The number of aromatic amines is 2. The minimum absolute atomic E-state index is 0.189. The van der Waals surface area contributed by atoms with Crippen LogP contribution < -0.4 is 20.3 Å². The van der Waals surface area contributed by atoms with Crippen molar-refractivity contribution in [2.24, 2.45) is 34.6 Å². The van der Waals surface area contributed by atoms with E-state index in [4.69, 9.17) is 0 Å². The fraction of sp³-hybridized carbons (Fsp3) is 0.176. The molecule has 14 nitrogen and oxygen atoms in total. The number of benzene rings is 2. The molecule has 0 atom stereocenters. The number of H-pyrrole nitrogens is 2. The van der Waals surface area contributed by atoms with Gasteiger partial charge in [-0.3, -0.25) is 19.6 Å². The van der Waals surface area contributed by atoms with Crippen LogP contribution in [0.5, 0.6) is 11.8 Å². The van der Waals surface area contributed by atoms with Crippen molar-refractivity contribution in [1.29, 1.82) is 0 Å². The lowest BCUT2D eigenvalue weighted by Gasteiger charge is -2.06. The molecule has 0 fully saturated rings. The molecule has 0 bridgehead atoms. The molecule has 0 amide bonds. The Morgan fingerprint density at radius 1 is 0.625 bits per heavy atom. The summed E-state index contributed by atoms with van der Waals surface area (Å²) in [6.07, 6.45) is 12.2.